The van der Waals surface area contributed by atoms with Crippen molar-refractivity contribution in [1.29, 1.82) is 0 Å². The number of benzene rings is 2. The maximum atomic E-state index is 13.4. The third-order valence-corrected chi connectivity index (χ3v) is 6.94. The molecule has 2 rings (SSSR count). The Bertz CT molecular complexity index is 1090. The van der Waals surface area contributed by atoms with Gasteiger partial charge in [0.05, 0.1) is 22.0 Å². The van der Waals surface area contributed by atoms with Crippen LogP contribution in [0.15, 0.2) is 42.5 Å². The SMILES string of the molecule is CCCNC(=O)C(C)N(Cc1ccc(C)cc1)C(=O)CN(c1ccc(Cl)c(Cl)c1)S(C)(=O)=O. The molecule has 1 N–H and O–H groups in total. The first-order valence-corrected chi connectivity index (χ1v) is 13.1. The van der Waals surface area contributed by atoms with Crippen LogP contribution in [0.4, 0.5) is 5.69 Å². The van der Waals surface area contributed by atoms with Crippen molar-refractivity contribution in [3.63, 3.8) is 0 Å². The van der Waals surface area contributed by atoms with E-state index < -0.39 is 28.5 Å². The Kier molecular flexibility index (Phi) is 9.57. The third kappa shape index (κ3) is 7.62. The zero-order valence-electron chi connectivity index (χ0n) is 19.1. The highest BCUT2D eigenvalue weighted by molar-refractivity contribution is 7.92. The van der Waals surface area contributed by atoms with Crippen molar-refractivity contribution in [3.8, 4) is 0 Å². The molecule has 0 saturated heterocycles. The predicted octanol–water partition coefficient (Wildman–Crippen LogP) is 4.01. The lowest BCUT2D eigenvalue weighted by Gasteiger charge is -2.31. The van der Waals surface area contributed by atoms with E-state index >= 15 is 0 Å². The summed E-state index contributed by atoms with van der Waals surface area (Å²) in [6.07, 6.45) is 1.76. The van der Waals surface area contributed by atoms with Crippen LogP contribution in [0.2, 0.25) is 10.0 Å². The fourth-order valence-corrected chi connectivity index (χ4v) is 4.26. The summed E-state index contributed by atoms with van der Waals surface area (Å²) in [5.74, 6) is -0.830. The number of anilines is 1. The van der Waals surface area contributed by atoms with Gasteiger partial charge in [0.25, 0.3) is 0 Å². The van der Waals surface area contributed by atoms with Crippen molar-refractivity contribution in [2.75, 3.05) is 23.7 Å². The fourth-order valence-electron chi connectivity index (χ4n) is 3.12. The highest BCUT2D eigenvalue weighted by Gasteiger charge is 2.30. The maximum absolute atomic E-state index is 13.4. The lowest BCUT2D eigenvalue weighted by atomic mass is 10.1. The Morgan fingerprint density at radius 2 is 1.70 bits per heavy atom. The van der Waals surface area contributed by atoms with E-state index in [0.29, 0.717) is 6.54 Å². The zero-order valence-corrected chi connectivity index (χ0v) is 21.5. The molecule has 0 bridgehead atoms. The molecule has 0 heterocycles. The molecule has 0 fully saturated rings. The van der Waals surface area contributed by atoms with Gasteiger partial charge >= 0.3 is 0 Å². The maximum Gasteiger partial charge on any atom is 0.244 e. The number of hydrogen-bond acceptors (Lipinski definition) is 4. The molecular weight excluding hydrogens is 485 g/mol. The van der Waals surface area contributed by atoms with E-state index in [1.165, 1.54) is 23.1 Å². The molecule has 2 aromatic rings. The molecule has 0 radical (unpaired) electrons. The average molecular weight is 514 g/mol. The smallest absolute Gasteiger partial charge is 0.244 e. The Hall–Kier alpha value is -2.29. The van der Waals surface area contributed by atoms with Crippen LogP contribution in [-0.2, 0) is 26.2 Å². The van der Waals surface area contributed by atoms with E-state index in [0.717, 1.165) is 28.1 Å². The van der Waals surface area contributed by atoms with Gasteiger partial charge in [0.2, 0.25) is 21.8 Å². The van der Waals surface area contributed by atoms with E-state index in [9.17, 15) is 18.0 Å². The van der Waals surface area contributed by atoms with E-state index in [2.05, 4.69) is 5.32 Å². The molecule has 0 spiro atoms. The number of nitrogens with zero attached hydrogens (tertiary/aromatic N) is 2. The first-order valence-electron chi connectivity index (χ1n) is 10.5. The second-order valence-electron chi connectivity index (χ2n) is 7.84. The molecule has 10 heteroatoms. The molecule has 33 heavy (non-hydrogen) atoms. The molecular formula is C23H29Cl2N3O4S. The van der Waals surface area contributed by atoms with E-state index in [4.69, 9.17) is 23.2 Å². The van der Waals surface area contributed by atoms with Crippen molar-refractivity contribution in [2.45, 2.75) is 39.8 Å². The lowest BCUT2D eigenvalue weighted by molar-refractivity contribution is -0.139. The van der Waals surface area contributed by atoms with Crippen molar-refractivity contribution in [2.24, 2.45) is 0 Å². The number of carbonyl (C=O) groups is 2. The van der Waals surface area contributed by atoms with Crippen LogP contribution < -0.4 is 9.62 Å². The van der Waals surface area contributed by atoms with E-state index in [1.807, 2.05) is 38.1 Å². The molecule has 0 aliphatic carbocycles. The molecule has 0 saturated carbocycles. The summed E-state index contributed by atoms with van der Waals surface area (Å²) >= 11 is 12.0. The van der Waals surface area contributed by atoms with Crippen LogP contribution in [0.1, 0.15) is 31.4 Å². The first kappa shape index (κ1) is 27.0. The van der Waals surface area contributed by atoms with Crippen LogP contribution in [0.25, 0.3) is 0 Å². The zero-order chi connectivity index (χ0) is 24.8. The van der Waals surface area contributed by atoms with Gasteiger partial charge in [-0.1, -0.05) is 60.0 Å². The molecule has 2 aromatic carbocycles. The Balaban J connectivity index is 2.38. The van der Waals surface area contributed by atoms with E-state index in [-0.39, 0.29) is 28.2 Å². The quantitative estimate of drug-likeness (QED) is 0.519. The molecule has 1 unspecified atom stereocenters. The molecule has 0 aromatic heterocycles. The van der Waals surface area contributed by atoms with Crippen LogP contribution in [0.3, 0.4) is 0 Å². The minimum atomic E-state index is -3.83. The average Bonchev–Trinajstić information content (AvgIpc) is 2.76. The second-order valence-corrected chi connectivity index (χ2v) is 10.6. The van der Waals surface area contributed by atoms with Gasteiger partial charge in [-0.2, -0.15) is 0 Å². The largest absolute Gasteiger partial charge is 0.354 e. The second kappa shape index (κ2) is 11.7. The summed E-state index contributed by atoms with van der Waals surface area (Å²) in [7, 11) is -3.83. The summed E-state index contributed by atoms with van der Waals surface area (Å²) < 4.78 is 26.0. The normalized spacial score (nSPS) is 12.2. The third-order valence-electron chi connectivity index (χ3n) is 5.06. The molecule has 2 amide bonds. The molecule has 0 aliphatic rings. The van der Waals surface area contributed by atoms with Gasteiger partial charge in [-0.25, -0.2) is 8.42 Å². The van der Waals surface area contributed by atoms with Gasteiger partial charge in [0, 0.05) is 13.1 Å². The number of nitrogens with one attached hydrogen (secondary N) is 1. The van der Waals surface area contributed by atoms with Gasteiger partial charge in [0.15, 0.2) is 0 Å². The number of hydrogen-bond donors (Lipinski definition) is 1. The van der Waals surface area contributed by atoms with Crippen molar-refractivity contribution < 1.29 is 18.0 Å². The number of amides is 2. The van der Waals surface area contributed by atoms with Gasteiger partial charge in [-0.15, -0.1) is 0 Å². The minimum absolute atomic E-state index is 0.152. The Morgan fingerprint density at radius 1 is 1.06 bits per heavy atom. The van der Waals surface area contributed by atoms with E-state index in [1.54, 1.807) is 6.92 Å². The standard InChI is InChI=1S/C23H29Cl2N3O4S/c1-5-12-26-23(30)17(3)27(14-18-8-6-16(2)7-9-18)22(29)15-28(33(4,31)32)19-10-11-20(24)21(25)13-19/h6-11,13,17H,5,12,14-15H2,1-4H3,(H,26,30). The van der Waals surface area contributed by atoms with Gasteiger partial charge in [-0.3, -0.25) is 13.9 Å². The Labute approximate surface area is 205 Å². The summed E-state index contributed by atoms with van der Waals surface area (Å²) in [5.41, 5.74) is 2.09. The Morgan fingerprint density at radius 3 is 2.24 bits per heavy atom. The van der Waals surface area contributed by atoms with Crippen LogP contribution in [0.5, 0.6) is 0 Å². The monoisotopic (exact) mass is 513 g/mol. The number of sulfonamides is 1. The number of halogens is 2. The molecule has 1 atom stereocenters. The molecule has 7 nitrogen and oxygen atoms in total. The van der Waals surface area contributed by atoms with Gasteiger partial charge in [0.1, 0.15) is 12.6 Å². The predicted molar refractivity (Wildman–Crippen MR) is 133 cm³/mol. The van der Waals surface area contributed by atoms with Gasteiger partial charge < -0.3 is 10.2 Å². The highest BCUT2D eigenvalue weighted by atomic mass is 35.5. The fraction of sp³-hybridized carbons (Fsp3) is 0.391. The number of carbonyl (C=O) groups excluding carboxylic acids is 2. The number of aryl methyl sites for hydroxylation is 1. The highest BCUT2D eigenvalue weighted by Crippen LogP contribution is 2.28. The molecule has 0 aliphatic heterocycles. The first-order chi connectivity index (χ1) is 15.4. The van der Waals surface area contributed by atoms with Crippen LogP contribution in [-0.4, -0.2) is 50.5 Å². The van der Waals surface area contributed by atoms with Crippen molar-refractivity contribution >= 4 is 50.7 Å². The minimum Gasteiger partial charge on any atom is -0.354 e. The summed E-state index contributed by atoms with van der Waals surface area (Å²) in [5, 5.41) is 3.23. The van der Waals surface area contributed by atoms with Crippen molar-refractivity contribution in [1.82, 2.24) is 10.2 Å². The number of rotatable bonds is 10. The van der Waals surface area contributed by atoms with Gasteiger partial charge in [-0.05, 0) is 44.0 Å². The molecule has 180 valence electrons. The lowest BCUT2D eigenvalue weighted by Crippen LogP contribution is -2.51. The van der Waals surface area contributed by atoms with Crippen LogP contribution >= 0.6 is 23.2 Å². The van der Waals surface area contributed by atoms with Crippen LogP contribution in [0, 0.1) is 6.92 Å². The summed E-state index contributed by atoms with van der Waals surface area (Å²) in [6, 6.07) is 11.1. The summed E-state index contributed by atoms with van der Waals surface area (Å²) in [4.78, 5) is 27.4. The summed E-state index contributed by atoms with van der Waals surface area (Å²) in [6.45, 7) is 5.65. The topological polar surface area (TPSA) is 86.8 Å². The van der Waals surface area contributed by atoms with Crippen molar-refractivity contribution in [3.05, 3.63) is 63.6 Å².